The summed E-state index contributed by atoms with van der Waals surface area (Å²) < 4.78 is 0. The molecule has 0 atom stereocenters. The number of fused-ring (bicyclic) bond motifs is 1. The van der Waals surface area contributed by atoms with Crippen molar-refractivity contribution >= 4 is 22.7 Å². The van der Waals surface area contributed by atoms with Crippen LogP contribution in [0.15, 0.2) is 30.5 Å². The zero-order chi connectivity index (χ0) is 16.8. The minimum atomic E-state index is 0.0315. The average molecular weight is 327 g/mol. The third-order valence-corrected chi connectivity index (χ3v) is 4.64. The topological polar surface area (TPSA) is 65.2 Å². The first-order valence-corrected chi connectivity index (χ1v) is 8.83. The van der Waals surface area contributed by atoms with Gasteiger partial charge in [-0.25, -0.2) is 0 Å². The Labute approximate surface area is 142 Å². The predicted octanol–water partition coefficient (Wildman–Crippen LogP) is 2.62. The quantitative estimate of drug-likeness (QED) is 0.821. The minimum Gasteiger partial charge on any atom is -0.361 e. The molecule has 3 rings (SSSR count). The second-order valence-electron chi connectivity index (χ2n) is 6.40. The maximum absolute atomic E-state index is 11.9. The summed E-state index contributed by atoms with van der Waals surface area (Å²) in [5, 5.41) is 4.09. The van der Waals surface area contributed by atoms with E-state index in [4.69, 9.17) is 0 Å². The molecule has 1 aliphatic heterocycles. The SMILES string of the molecule is O=C(CCCc1c[nH]c2ccccc12)NCCC(=O)N1CCCC1. The number of benzene rings is 1. The third-order valence-electron chi connectivity index (χ3n) is 4.64. The number of aromatic nitrogens is 1. The van der Waals surface area contributed by atoms with Crippen LogP contribution >= 0.6 is 0 Å². The molecule has 24 heavy (non-hydrogen) atoms. The second kappa shape index (κ2) is 7.99. The van der Waals surface area contributed by atoms with Crippen LogP contribution in [-0.4, -0.2) is 41.3 Å². The lowest BCUT2D eigenvalue weighted by atomic mass is 10.1. The molecule has 0 saturated carbocycles. The van der Waals surface area contributed by atoms with Crippen molar-refractivity contribution in [2.75, 3.05) is 19.6 Å². The molecule has 0 radical (unpaired) electrons. The van der Waals surface area contributed by atoms with E-state index in [0.717, 1.165) is 44.3 Å². The van der Waals surface area contributed by atoms with Gasteiger partial charge < -0.3 is 15.2 Å². The highest BCUT2D eigenvalue weighted by Gasteiger charge is 2.17. The van der Waals surface area contributed by atoms with E-state index in [9.17, 15) is 9.59 Å². The van der Waals surface area contributed by atoms with Crippen molar-refractivity contribution in [2.24, 2.45) is 0 Å². The van der Waals surface area contributed by atoms with Crippen molar-refractivity contribution < 1.29 is 9.59 Å². The first-order chi connectivity index (χ1) is 11.7. The Kier molecular flexibility index (Phi) is 5.51. The Morgan fingerprint density at radius 1 is 1.12 bits per heavy atom. The first kappa shape index (κ1) is 16.6. The molecule has 5 heteroatoms. The van der Waals surface area contributed by atoms with Gasteiger partial charge in [0.2, 0.25) is 11.8 Å². The number of para-hydroxylation sites is 1. The van der Waals surface area contributed by atoms with Crippen LogP contribution in [0.1, 0.15) is 37.7 Å². The van der Waals surface area contributed by atoms with E-state index < -0.39 is 0 Å². The summed E-state index contributed by atoms with van der Waals surface area (Å²) in [4.78, 5) is 28.9. The maximum Gasteiger partial charge on any atom is 0.224 e. The Morgan fingerprint density at radius 3 is 2.75 bits per heavy atom. The van der Waals surface area contributed by atoms with E-state index in [1.165, 1.54) is 10.9 Å². The summed E-state index contributed by atoms with van der Waals surface area (Å²) in [6, 6.07) is 8.21. The normalized spacial score (nSPS) is 14.2. The van der Waals surface area contributed by atoms with Gasteiger partial charge in [-0.3, -0.25) is 9.59 Å². The van der Waals surface area contributed by atoms with Crippen molar-refractivity contribution in [3.05, 3.63) is 36.0 Å². The predicted molar refractivity (Wildman–Crippen MR) is 94.7 cm³/mol. The van der Waals surface area contributed by atoms with Gasteiger partial charge in [0.15, 0.2) is 0 Å². The number of likely N-dealkylation sites (tertiary alicyclic amines) is 1. The van der Waals surface area contributed by atoms with Crippen molar-refractivity contribution in [3.8, 4) is 0 Å². The lowest BCUT2D eigenvalue weighted by molar-refractivity contribution is -0.130. The smallest absolute Gasteiger partial charge is 0.224 e. The zero-order valence-corrected chi connectivity index (χ0v) is 14.0. The highest BCUT2D eigenvalue weighted by atomic mass is 16.2. The number of amides is 2. The molecule has 0 bridgehead atoms. The molecule has 1 saturated heterocycles. The number of rotatable bonds is 7. The molecule has 1 aliphatic rings. The van der Waals surface area contributed by atoms with Crippen molar-refractivity contribution in [3.63, 3.8) is 0 Å². The molecule has 2 aromatic rings. The first-order valence-electron chi connectivity index (χ1n) is 8.83. The molecule has 2 heterocycles. The number of carbonyl (C=O) groups excluding carboxylic acids is 2. The fourth-order valence-corrected chi connectivity index (χ4v) is 3.30. The lowest BCUT2D eigenvalue weighted by Crippen LogP contribution is -2.32. The molecule has 0 unspecified atom stereocenters. The number of hydrogen-bond donors (Lipinski definition) is 2. The Morgan fingerprint density at radius 2 is 1.92 bits per heavy atom. The van der Waals surface area contributed by atoms with Gasteiger partial charge in [-0.05, 0) is 37.3 Å². The molecule has 0 aliphatic carbocycles. The Balaban J connectivity index is 1.34. The van der Waals surface area contributed by atoms with Crippen LogP contribution in [0.3, 0.4) is 0 Å². The molecule has 5 nitrogen and oxygen atoms in total. The van der Waals surface area contributed by atoms with Gasteiger partial charge in [0, 0.05) is 49.6 Å². The molecule has 1 aromatic carbocycles. The second-order valence-corrected chi connectivity index (χ2v) is 6.40. The van der Waals surface area contributed by atoms with Gasteiger partial charge in [0.05, 0.1) is 0 Å². The summed E-state index contributed by atoms with van der Waals surface area (Å²) in [7, 11) is 0. The summed E-state index contributed by atoms with van der Waals surface area (Å²) in [6.07, 6.45) is 6.83. The van der Waals surface area contributed by atoms with Crippen molar-refractivity contribution in [1.29, 1.82) is 0 Å². The van der Waals surface area contributed by atoms with Gasteiger partial charge in [-0.2, -0.15) is 0 Å². The monoisotopic (exact) mass is 327 g/mol. The number of aryl methyl sites for hydroxylation is 1. The number of aromatic amines is 1. The van der Waals surface area contributed by atoms with Gasteiger partial charge >= 0.3 is 0 Å². The van der Waals surface area contributed by atoms with E-state index in [0.29, 0.717) is 19.4 Å². The summed E-state index contributed by atoms with van der Waals surface area (Å²) in [5.41, 5.74) is 2.39. The number of carbonyl (C=O) groups is 2. The van der Waals surface area contributed by atoms with Gasteiger partial charge in [-0.1, -0.05) is 18.2 Å². The van der Waals surface area contributed by atoms with E-state index >= 15 is 0 Å². The number of nitrogens with zero attached hydrogens (tertiary/aromatic N) is 1. The highest BCUT2D eigenvalue weighted by molar-refractivity contribution is 5.83. The Bertz CT molecular complexity index is 701. The van der Waals surface area contributed by atoms with E-state index in [2.05, 4.69) is 22.4 Å². The minimum absolute atomic E-state index is 0.0315. The Hall–Kier alpha value is -2.30. The third kappa shape index (κ3) is 4.16. The molecular weight excluding hydrogens is 302 g/mol. The maximum atomic E-state index is 11.9. The van der Waals surface area contributed by atoms with Crippen LogP contribution in [0.25, 0.3) is 10.9 Å². The molecular formula is C19H25N3O2. The van der Waals surface area contributed by atoms with Crippen LogP contribution in [0.4, 0.5) is 0 Å². The number of hydrogen-bond acceptors (Lipinski definition) is 2. The fraction of sp³-hybridized carbons (Fsp3) is 0.474. The van der Waals surface area contributed by atoms with Gasteiger partial charge in [0.25, 0.3) is 0 Å². The van der Waals surface area contributed by atoms with Gasteiger partial charge in [-0.15, -0.1) is 0 Å². The number of nitrogens with one attached hydrogen (secondary N) is 2. The molecule has 1 aromatic heterocycles. The molecule has 1 fully saturated rings. The molecule has 0 spiro atoms. The van der Waals surface area contributed by atoms with Crippen LogP contribution in [0, 0.1) is 0 Å². The van der Waals surface area contributed by atoms with Crippen LogP contribution in [0.2, 0.25) is 0 Å². The summed E-state index contributed by atoms with van der Waals surface area (Å²) in [6.45, 7) is 2.19. The average Bonchev–Trinajstić information content (AvgIpc) is 3.25. The van der Waals surface area contributed by atoms with E-state index in [-0.39, 0.29) is 11.8 Å². The van der Waals surface area contributed by atoms with Crippen molar-refractivity contribution in [2.45, 2.75) is 38.5 Å². The van der Waals surface area contributed by atoms with E-state index in [1.807, 2.05) is 23.2 Å². The van der Waals surface area contributed by atoms with Crippen LogP contribution < -0.4 is 5.32 Å². The summed E-state index contributed by atoms with van der Waals surface area (Å²) >= 11 is 0. The van der Waals surface area contributed by atoms with E-state index in [1.54, 1.807) is 0 Å². The molecule has 2 N–H and O–H groups in total. The standard InChI is InChI=1S/C19H25N3O2/c23-18(20-11-10-19(24)22-12-3-4-13-22)9-5-6-15-14-21-17-8-2-1-7-16(15)17/h1-2,7-8,14,21H,3-6,9-13H2,(H,20,23). The highest BCUT2D eigenvalue weighted by Crippen LogP contribution is 2.19. The largest absolute Gasteiger partial charge is 0.361 e. The molecule has 128 valence electrons. The van der Waals surface area contributed by atoms with Gasteiger partial charge in [0.1, 0.15) is 0 Å². The molecule has 2 amide bonds. The van der Waals surface area contributed by atoms with Crippen LogP contribution in [0.5, 0.6) is 0 Å². The number of H-pyrrole nitrogens is 1. The van der Waals surface area contributed by atoms with Crippen molar-refractivity contribution in [1.82, 2.24) is 15.2 Å². The fourth-order valence-electron chi connectivity index (χ4n) is 3.30. The van der Waals surface area contributed by atoms with Crippen LogP contribution in [-0.2, 0) is 16.0 Å². The zero-order valence-electron chi connectivity index (χ0n) is 14.0. The lowest BCUT2D eigenvalue weighted by Gasteiger charge is -2.15. The summed E-state index contributed by atoms with van der Waals surface area (Å²) in [5.74, 6) is 0.190.